The summed E-state index contributed by atoms with van der Waals surface area (Å²) in [4.78, 5) is 16.4. The van der Waals surface area contributed by atoms with Crippen molar-refractivity contribution in [3.05, 3.63) is 65.5 Å². The Labute approximate surface area is 149 Å². The highest BCUT2D eigenvalue weighted by molar-refractivity contribution is 5.78. The fraction of sp³-hybridized carbons (Fsp3) is 0.381. The number of rotatable bonds is 5. The second-order valence-corrected chi connectivity index (χ2v) is 6.73. The molecule has 0 aromatic heterocycles. The van der Waals surface area contributed by atoms with E-state index in [1.165, 1.54) is 31.0 Å². The van der Waals surface area contributed by atoms with Crippen LogP contribution in [0.2, 0.25) is 0 Å². The summed E-state index contributed by atoms with van der Waals surface area (Å²) in [6.07, 6.45) is 3.93. The first kappa shape index (κ1) is 17.5. The Morgan fingerprint density at radius 3 is 2.40 bits per heavy atom. The zero-order chi connectivity index (χ0) is 17.6. The van der Waals surface area contributed by atoms with Crippen molar-refractivity contribution in [1.29, 1.82) is 0 Å². The Bertz CT molecular complexity index is 708. The number of anilines is 1. The van der Waals surface area contributed by atoms with E-state index in [4.69, 9.17) is 0 Å². The van der Waals surface area contributed by atoms with Gasteiger partial charge >= 0.3 is 0 Å². The summed E-state index contributed by atoms with van der Waals surface area (Å²) in [6, 6.07) is 14.9. The highest BCUT2D eigenvalue weighted by Crippen LogP contribution is 2.20. The van der Waals surface area contributed by atoms with Gasteiger partial charge in [-0.3, -0.25) is 4.79 Å². The van der Waals surface area contributed by atoms with E-state index in [1.54, 1.807) is 30.1 Å². The van der Waals surface area contributed by atoms with Crippen molar-refractivity contribution in [3.63, 3.8) is 0 Å². The van der Waals surface area contributed by atoms with Gasteiger partial charge in [0.05, 0.1) is 6.42 Å². The fourth-order valence-corrected chi connectivity index (χ4v) is 3.27. The van der Waals surface area contributed by atoms with Crippen LogP contribution in [0.3, 0.4) is 0 Å². The number of halogens is 1. The third kappa shape index (κ3) is 4.59. The summed E-state index contributed by atoms with van der Waals surface area (Å²) in [6.45, 7) is 2.79. The molecule has 2 aromatic rings. The third-order valence-corrected chi connectivity index (χ3v) is 4.80. The summed E-state index contributed by atoms with van der Waals surface area (Å²) in [5, 5.41) is 0. The lowest BCUT2D eigenvalue weighted by Gasteiger charge is -2.29. The molecule has 3 nitrogen and oxygen atoms in total. The summed E-state index contributed by atoms with van der Waals surface area (Å²) in [5.74, 6) is -0.402. The van der Waals surface area contributed by atoms with Crippen molar-refractivity contribution in [2.45, 2.75) is 32.2 Å². The van der Waals surface area contributed by atoms with Crippen LogP contribution in [-0.2, 0) is 17.8 Å². The monoisotopic (exact) mass is 340 g/mol. The first-order valence-corrected chi connectivity index (χ1v) is 8.95. The van der Waals surface area contributed by atoms with Crippen LogP contribution in [0, 0.1) is 5.82 Å². The third-order valence-electron chi connectivity index (χ3n) is 4.80. The predicted octanol–water partition coefficient (Wildman–Crippen LogP) is 4.02. The van der Waals surface area contributed by atoms with E-state index < -0.39 is 0 Å². The second-order valence-electron chi connectivity index (χ2n) is 6.73. The number of nitrogens with zero attached hydrogens (tertiary/aromatic N) is 2. The van der Waals surface area contributed by atoms with Gasteiger partial charge in [0.25, 0.3) is 0 Å². The molecule has 1 aliphatic heterocycles. The lowest BCUT2D eigenvalue weighted by molar-refractivity contribution is -0.129. The van der Waals surface area contributed by atoms with Crippen LogP contribution >= 0.6 is 0 Å². The maximum atomic E-state index is 13.7. The SMILES string of the molecule is CN(Cc1ccc(N2CCCCC2)cc1)C(=O)Cc1ccccc1F. The molecule has 0 atom stereocenters. The molecule has 1 fully saturated rings. The van der Waals surface area contributed by atoms with Crippen molar-refractivity contribution >= 4 is 11.6 Å². The van der Waals surface area contributed by atoms with E-state index in [2.05, 4.69) is 29.2 Å². The van der Waals surface area contributed by atoms with Gasteiger partial charge in [-0.05, 0) is 48.6 Å². The molecule has 3 rings (SSSR count). The zero-order valence-corrected chi connectivity index (χ0v) is 14.7. The summed E-state index contributed by atoms with van der Waals surface area (Å²) < 4.78 is 13.7. The molecule has 1 saturated heterocycles. The van der Waals surface area contributed by atoms with Gasteiger partial charge < -0.3 is 9.80 Å². The molecular formula is C21H25FN2O. The minimum Gasteiger partial charge on any atom is -0.372 e. The Balaban J connectivity index is 1.57. The molecule has 0 unspecified atom stereocenters. The molecule has 0 bridgehead atoms. The largest absolute Gasteiger partial charge is 0.372 e. The van der Waals surface area contributed by atoms with E-state index in [-0.39, 0.29) is 18.1 Å². The van der Waals surface area contributed by atoms with Gasteiger partial charge in [0.15, 0.2) is 0 Å². The summed E-state index contributed by atoms with van der Waals surface area (Å²) >= 11 is 0. The zero-order valence-electron chi connectivity index (χ0n) is 14.7. The van der Waals surface area contributed by atoms with Gasteiger partial charge in [0.1, 0.15) is 5.82 Å². The number of benzene rings is 2. The Hall–Kier alpha value is -2.36. The summed E-state index contributed by atoms with van der Waals surface area (Å²) in [7, 11) is 1.77. The molecule has 132 valence electrons. The van der Waals surface area contributed by atoms with Gasteiger partial charge in [-0.1, -0.05) is 30.3 Å². The topological polar surface area (TPSA) is 23.6 Å². The van der Waals surface area contributed by atoms with Gasteiger partial charge in [-0.15, -0.1) is 0 Å². The Morgan fingerprint density at radius 1 is 1.04 bits per heavy atom. The smallest absolute Gasteiger partial charge is 0.227 e. The number of piperidine rings is 1. The number of carbonyl (C=O) groups excluding carboxylic acids is 1. The molecule has 0 radical (unpaired) electrons. The minimum absolute atomic E-state index is 0.0785. The van der Waals surface area contributed by atoms with Crippen LogP contribution in [0.25, 0.3) is 0 Å². The average Bonchev–Trinajstić information content (AvgIpc) is 2.65. The van der Waals surface area contributed by atoms with Gasteiger partial charge in [0.2, 0.25) is 5.91 Å². The fourth-order valence-electron chi connectivity index (χ4n) is 3.27. The van der Waals surface area contributed by atoms with E-state index >= 15 is 0 Å². The molecule has 0 spiro atoms. The Kier molecular flexibility index (Phi) is 5.69. The highest BCUT2D eigenvalue weighted by Gasteiger charge is 2.14. The van der Waals surface area contributed by atoms with Crippen molar-refractivity contribution in [2.75, 3.05) is 25.0 Å². The molecule has 2 aromatic carbocycles. The first-order valence-electron chi connectivity index (χ1n) is 8.95. The van der Waals surface area contributed by atoms with Crippen molar-refractivity contribution in [2.24, 2.45) is 0 Å². The lowest BCUT2D eigenvalue weighted by atomic mass is 10.1. The molecular weight excluding hydrogens is 315 g/mol. The molecule has 4 heteroatoms. The van der Waals surface area contributed by atoms with E-state index in [1.807, 2.05) is 0 Å². The standard InChI is InChI=1S/C21H25FN2O/c1-23(21(25)15-18-7-3-4-8-20(18)22)16-17-9-11-19(12-10-17)24-13-5-2-6-14-24/h3-4,7-12H,2,5-6,13-16H2,1H3. The van der Waals surface area contributed by atoms with E-state index in [9.17, 15) is 9.18 Å². The van der Waals surface area contributed by atoms with E-state index in [0.717, 1.165) is 18.7 Å². The maximum Gasteiger partial charge on any atom is 0.227 e. The maximum absolute atomic E-state index is 13.7. The average molecular weight is 340 g/mol. The molecule has 1 amide bonds. The quantitative estimate of drug-likeness (QED) is 0.821. The van der Waals surface area contributed by atoms with Crippen molar-refractivity contribution in [1.82, 2.24) is 4.90 Å². The van der Waals surface area contributed by atoms with Crippen LogP contribution in [0.15, 0.2) is 48.5 Å². The molecule has 0 N–H and O–H groups in total. The number of amides is 1. The van der Waals surface area contributed by atoms with Gasteiger partial charge in [-0.2, -0.15) is 0 Å². The highest BCUT2D eigenvalue weighted by atomic mass is 19.1. The molecule has 1 heterocycles. The predicted molar refractivity (Wildman–Crippen MR) is 99.1 cm³/mol. The number of hydrogen-bond donors (Lipinski definition) is 0. The van der Waals surface area contributed by atoms with Crippen LogP contribution in [0.4, 0.5) is 10.1 Å². The van der Waals surface area contributed by atoms with Crippen LogP contribution in [-0.4, -0.2) is 30.9 Å². The van der Waals surface area contributed by atoms with E-state index in [0.29, 0.717) is 12.1 Å². The van der Waals surface area contributed by atoms with Crippen LogP contribution in [0.1, 0.15) is 30.4 Å². The lowest BCUT2D eigenvalue weighted by Crippen LogP contribution is -2.29. The van der Waals surface area contributed by atoms with Crippen molar-refractivity contribution in [3.8, 4) is 0 Å². The molecule has 0 aliphatic carbocycles. The Morgan fingerprint density at radius 2 is 1.72 bits per heavy atom. The second kappa shape index (κ2) is 8.15. The number of hydrogen-bond acceptors (Lipinski definition) is 2. The molecule has 1 aliphatic rings. The van der Waals surface area contributed by atoms with Crippen molar-refractivity contribution < 1.29 is 9.18 Å². The summed E-state index contributed by atoms with van der Waals surface area (Å²) in [5.41, 5.74) is 2.79. The number of carbonyl (C=O) groups is 1. The van der Waals surface area contributed by atoms with Gasteiger partial charge in [-0.25, -0.2) is 4.39 Å². The normalized spacial score (nSPS) is 14.4. The minimum atomic E-state index is -0.324. The van der Waals surface area contributed by atoms with Crippen LogP contribution in [0.5, 0.6) is 0 Å². The van der Waals surface area contributed by atoms with Crippen LogP contribution < -0.4 is 4.90 Å². The first-order chi connectivity index (χ1) is 12.1. The molecule has 0 saturated carbocycles. The number of likely N-dealkylation sites (N-methyl/N-ethyl adjacent to an activating group) is 1. The molecule has 25 heavy (non-hydrogen) atoms. The van der Waals surface area contributed by atoms with Gasteiger partial charge in [0, 0.05) is 32.4 Å².